The monoisotopic (exact) mass is 443 g/mol. The zero-order chi connectivity index (χ0) is 22.2. The van der Waals surface area contributed by atoms with E-state index in [4.69, 9.17) is 10.1 Å². The van der Waals surface area contributed by atoms with Crippen LogP contribution in [0.25, 0.3) is 0 Å². The maximum atomic E-state index is 10.7. The molecule has 1 aromatic heterocycles. The van der Waals surface area contributed by atoms with E-state index >= 15 is 0 Å². The number of anilines is 1. The lowest BCUT2D eigenvalue weighted by atomic mass is 9.85. The highest BCUT2D eigenvalue weighted by Gasteiger charge is 2.28. The molecule has 1 amide bonds. The predicted molar refractivity (Wildman–Crippen MR) is 125 cm³/mol. The molecule has 0 bridgehead atoms. The molecule has 9 nitrogen and oxygen atoms in total. The molecule has 4 rings (SSSR count). The third-order valence-electron chi connectivity index (χ3n) is 7.02. The average Bonchev–Trinajstić information content (AvgIpc) is 3.22. The number of hydrogen-bond donors (Lipinski definition) is 4. The van der Waals surface area contributed by atoms with E-state index in [9.17, 15) is 4.79 Å². The van der Waals surface area contributed by atoms with Crippen LogP contribution in [0.1, 0.15) is 63.5 Å². The summed E-state index contributed by atoms with van der Waals surface area (Å²) in [7, 11) is 0. The standard InChI is InChI=1S/C23H37N7O2/c31-23(32)27-16-17-5-7-19(8-6-17)30-14-3-4-18(10-15-30)28-22-26-13-9-20(29-22)21-24-11-1-2-12-25-21/h9,13,17-19,27H,1-8,10-12,14-16H2,(H,24,25)(H,31,32)(H,26,28,29). The topological polar surface area (TPSA) is 115 Å². The number of rotatable bonds is 6. The normalized spacial score (nSPS) is 27.4. The van der Waals surface area contributed by atoms with E-state index in [0.29, 0.717) is 30.5 Å². The molecule has 3 heterocycles. The third-order valence-corrected chi connectivity index (χ3v) is 7.02. The minimum Gasteiger partial charge on any atom is -0.465 e. The van der Waals surface area contributed by atoms with Crippen molar-refractivity contribution in [1.29, 1.82) is 0 Å². The number of likely N-dealkylation sites (tertiary alicyclic amines) is 1. The zero-order valence-electron chi connectivity index (χ0n) is 18.9. The van der Waals surface area contributed by atoms with Crippen molar-refractivity contribution < 1.29 is 9.90 Å². The van der Waals surface area contributed by atoms with Gasteiger partial charge in [0.25, 0.3) is 0 Å². The Morgan fingerprint density at radius 1 is 1.12 bits per heavy atom. The fraction of sp³-hybridized carbons (Fsp3) is 0.739. The molecule has 1 unspecified atom stereocenters. The van der Waals surface area contributed by atoms with E-state index in [1.807, 2.05) is 12.3 Å². The summed E-state index contributed by atoms with van der Waals surface area (Å²) in [6, 6.07) is 2.95. The fourth-order valence-corrected chi connectivity index (χ4v) is 5.18. The minimum absolute atomic E-state index is 0.385. The second kappa shape index (κ2) is 11.4. The summed E-state index contributed by atoms with van der Waals surface area (Å²) in [5.41, 5.74) is 0.869. The van der Waals surface area contributed by atoms with Gasteiger partial charge in [-0.2, -0.15) is 0 Å². The molecule has 1 atom stereocenters. The van der Waals surface area contributed by atoms with Crippen LogP contribution in [0.2, 0.25) is 0 Å². The number of nitrogens with zero attached hydrogens (tertiary/aromatic N) is 4. The van der Waals surface area contributed by atoms with Gasteiger partial charge in [-0.15, -0.1) is 0 Å². The van der Waals surface area contributed by atoms with Crippen molar-refractivity contribution in [3.05, 3.63) is 18.0 Å². The minimum atomic E-state index is -0.911. The van der Waals surface area contributed by atoms with E-state index in [1.54, 1.807) is 0 Å². The van der Waals surface area contributed by atoms with Gasteiger partial charge in [-0.25, -0.2) is 14.8 Å². The van der Waals surface area contributed by atoms with Crippen LogP contribution in [0, 0.1) is 5.92 Å². The maximum Gasteiger partial charge on any atom is 0.404 e. The van der Waals surface area contributed by atoms with Crippen LogP contribution in [0.4, 0.5) is 10.7 Å². The van der Waals surface area contributed by atoms with Crippen LogP contribution in [0.5, 0.6) is 0 Å². The third kappa shape index (κ3) is 6.54. The average molecular weight is 444 g/mol. The molecule has 2 fully saturated rings. The molecule has 32 heavy (non-hydrogen) atoms. The van der Waals surface area contributed by atoms with Gasteiger partial charge in [0.2, 0.25) is 5.95 Å². The molecule has 2 aliphatic heterocycles. The molecule has 3 aliphatic rings. The first kappa shape index (κ1) is 22.8. The van der Waals surface area contributed by atoms with Crippen molar-refractivity contribution >= 4 is 17.9 Å². The van der Waals surface area contributed by atoms with Crippen LogP contribution >= 0.6 is 0 Å². The second-order valence-corrected chi connectivity index (χ2v) is 9.30. The van der Waals surface area contributed by atoms with Crippen LogP contribution in [0.15, 0.2) is 17.3 Å². The Labute approximate surface area is 190 Å². The lowest BCUT2D eigenvalue weighted by Crippen LogP contribution is -2.40. The first-order valence-corrected chi connectivity index (χ1v) is 12.3. The predicted octanol–water partition coefficient (Wildman–Crippen LogP) is 2.70. The zero-order valence-corrected chi connectivity index (χ0v) is 18.9. The largest absolute Gasteiger partial charge is 0.465 e. The number of amides is 1. The Bertz CT molecular complexity index is 779. The number of amidine groups is 1. The van der Waals surface area contributed by atoms with Gasteiger partial charge in [0.1, 0.15) is 11.5 Å². The lowest BCUT2D eigenvalue weighted by molar-refractivity contribution is 0.138. The molecule has 4 N–H and O–H groups in total. The number of nitrogens with one attached hydrogen (secondary N) is 3. The van der Waals surface area contributed by atoms with Crippen LogP contribution < -0.4 is 16.0 Å². The van der Waals surface area contributed by atoms with E-state index in [-0.39, 0.29) is 0 Å². The highest BCUT2D eigenvalue weighted by molar-refractivity contribution is 5.97. The Morgan fingerprint density at radius 2 is 2.00 bits per heavy atom. The van der Waals surface area contributed by atoms with E-state index in [0.717, 1.165) is 76.2 Å². The molecule has 1 aromatic rings. The maximum absolute atomic E-state index is 10.7. The first-order chi connectivity index (χ1) is 15.7. The molecule has 1 saturated heterocycles. The fourth-order valence-electron chi connectivity index (χ4n) is 5.18. The summed E-state index contributed by atoms with van der Waals surface area (Å²) in [6.45, 7) is 4.62. The number of aromatic nitrogens is 2. The van der Waals surface area contributed by atoms with Crippen molar-refractivity contribution in [2.24, 2.45) is 10.9 Å². The second-order valence-electron chi connectivity index (χ2n) is 9.30. The van der Waals surface area contributed by atoms with Gasteiger partial charge in [-0.3, -0.25) is 4.99 Å². The smallest absolute Gasteiger partial charge is 0.404 e. The van der Waals surface area contributed by atoms with Crippen molar-refractivity contribution in [3.63, 3.8) is 0 Å². The number of carboxylic acid groups (broad SMARTS) is 1. The van der Waals surface area contributed by atoms with E-state index in [1.165, 1.54) is 19.3 Å². The van der Waals surface area contributed by atoms with E-state index < -0.39 is 6.09 Å². The molecule has 9 heteroatoms. The van der Waals surface area contributed by atoms with Gasteiger partial charge in [0.05, 0.1) is 0 Å². The summed E-state index contributed by atoms with van der Waals surface area (Å²) in [4.78, 5) is 27.2. The summed E-state index contributed by atoms with van der Waals surface area (Å²) >= 11 is 0. The highest BCUT2D eigenvalue weighted by Crippen LogP contribution is 2.29. The lowest BCUT2D eigenvalue weighted by Gasteiger charge is -2.36. The van der Waals surface area contributed by atoms with Gasteiger partial charge in [0, 0.05) is 44.5 Å². The first-order valence-electron chi connectivity index (χ1n) is 12.3. The molecule has 0 aromatic carbocycles. The molecule has 176 valence electrons. The van der Waals surface area contributed by atoms with Crippen LogP contribution in [-0.4, -0.2) is 76.7 Å². The Morgan fingerprint density at radius 3 is 2.84 bits per heavy atom. The van der Waals surface area contributed by atoms with Gasteiger partial charge in [-0.1, -0.05) is 0 Å². The summed E-state index contributed by atoms with van der Waals surface area (Å²) in [6.07, 6.45) is 11.1. The Balaban J connectivity index is 1.26. The molecule has 1 saturated carbocycles. The molecular formula is C23H37N7O2. The summed E-state index contributed by atoms with van der Waals surface area (Å²) < 4.78 is 0. The highest BCUT2D eigenvalue weighted by atomic mass is 16.4. The van der Waals surface area contributed by atoms with E-state index in [2.05, 4.69) is 30.8 Å². The van der Waals surface area contributed by atoms with Crippen LogP contribution in [0.3, 0.4) is 0 Å². The van der Waals surface area contributed by atoms with Gasteiger partial charge in [0.15, 0.2) is 0 Å². The SMILES string of the molecule is O=C(O)NCC1CCC(N2CCCC(Nc3nccc(C4=NCCCCN4)n3)CC2)CC1. The van der Waals surface area contributed by atoms with Gasteiger partial charge < -0.3 is 26.0 Å². The Hall–Kier alpha value is -2.42. The van der Waals surface area contributed by atoms with Crippen molar-refractivity contribution in [3.8, 4) is 0 Å². The Kier molecular flexibility index (Phi) is 8.14. The van der Waals surface area contributed by atoms with Gasteiger partial charge in [-0.05, 0) is 76.3 Å². The molecule has 0 spiro atoms. The van der Waals surface area contributed by atoms with Crippen molar-refractivity contribution in [1.82, 2.24) is 25.5 Å². The van der Waals surface area contributed by atoms with Crippen molar-refractivity contribution in [2.45, 2.75) is 69.9 Å². The number of hydrogen-bond acceptors (Lipinski definition) is 7. The van der Waals surface area contributed by atoms with Crippen LogP contribution in [-0.2, 0) is 0 Å². The summed E-state index contributed by atoms with van der Waals surface area (Å²) in [5, 5.41) is 18.3. The van der Waals surface area contributed by atoms with Gasteiger partial charge >= 0.3 is 6.09 Å². The van der Waals surface area contributed by atoms with Crippen molar-refractivity contribution in [2.75, 3.05) is 38.0 Å². The number of aliphatic imine (C=N–C) groups is 1. The summed E-state index contributed by atoms with van der Waals surface area (Å²) in [5.74, 6) is 2.07. The molecule has 1 aliphatic carbocycles. The molecule has 0 radical (unpaired) electrons. The quantitative estimate of drug-likeness (QED) is 0.534. The number of carbonyl (C=O) groups is 1. The molecular weight excluding hydrogens is 406 g/mol.